The molecule has 7 heteroatoms. The number of methoxy groups -OCH3 is 1. The van der Waals surface area contributed by atoms with Crippen LogP contribution in [-0.4, -0.2) is 24.1 Å². The summed E-state index contributed by atoms with van der Waals surface area (Å²) in [4.78, 5) is 23.8. The minimum absolute atomic E-state index is 0.0552. The summed E-state index contributed by atoms with van der Waals surface area (Å²) in [6.07, 6.45) is 1.47. The molecule has 0 aliphatic heterocycles. The van der Waals surface area contributed by atoms with Crippen LogP contribution in [-0.2, 0) is 11.4 Å². The number of nitrogens with zero attached hydrogens (tertiary/aromatic N) is 1. The van der Waals surface area contributed by atoms with Crippen molar-refractivity contribution in [2.45, 2.75) is 20.5 Å². The number of carboxylic acid groups (broad SMARTS) is 1. The van der Waals surface area contributed by atoms with Crippen molar-refractivity contribution < 1.29 is 24.2 Å². The number of hydrogen-bond donors (Lipinski definition) is 2. The summed E-state index contributed by atoms with van der Waals surface area (Å²) in [6.45, 7) is 4.01. The van der Waals surface area contributed by atoms with Gasteiger partial charge in [0.1, 0.15) is 18.2 Å². The monoisotopic (exact) mass is 456 g/mol. The zero-order valence-corrected chi connectivity index (χ0v) is 19.1. The van der Waals surface area contributed by atoms with Crippen molar-refractivity contribution in [3.05, 3.63) is 94.1 Å². The lowest BCUT2D eigenvalue weighted by Gasteiger charge is -2.12. The van der Waals surface area contributed by atoms with Crippen LogP contribution < -0.4 is 14.8 Å². The van der Waals surface area contributed by atoms with Crippen LogP contribution in [0.25, 0.3) is 6.08 Å². The Morgan fingerprint density at radius 3 is 2.41 bits per heavy atom. The van der Waals surface area contributed by atoms with Crippen LogP contribution in [0.3, 0.4) is 0 Å². The summed E-state index contributed by atoms with van der Waals surface area (Å²) < 4.78 is 11.2. The van der Waals surface area contributed by atoms with Gasteiger partial charge in [0.15, 0.2) is 11.5 Å². The number of aryl methyl sites for hydroxylation is 2. The van der Waals surface area contributed by atoms with Crippen molar-refractivity contribution in [2.75, 3.05) is 12.4 Å². The molecule has 0 radical (unpaired) electrons. The van der Waals surface area contributed by atoms with Crippen molar-refractivity contribution in [3.8, 4) is 17.6 Å². The Labute approximate surface area is 197 Å². The van der Waals surface area contributed by atoms with Gasteiger partial charge in [0, 0.05) is 5.69 Å². The standard InChI is InChI=1S/C27H24N2O5/c1-17-9-18(2)11-23(10-17)29-26(30)22(15-28)12-19-7-8-24(25(14-19)33-3)34-16-20-5-4-6-21(13-20)27(31)32/h4-14H,16H2,1-3H3,(H,29,30)(H,31,32)/b22-12-. The lowest BCUT2D eigenvalue weighted by atomic mass is 10.1. The topological polar surface area (TPSA) is 109 Å². The number of rotatable bonds is 8. The molecule has 3 rings (SSSR count). The van der Waals surface area contributed by atoms with Crippen molar-refractivity contribution in [3.63, 3.8) is 0 Å². The quantitative estimate of drug-likeness (QED) is 0.359. The number of carbonyl (C=O) groups excluding carboxylic acids is 1. The van der Waals surface area contributed by atoms with Gasteiger partial charge >= 0.3 is 5.97 Å². The Balaban J connectivity index is 1.76. The van der Waals surface area contributed by atoms with E-state index in [-0.39, 0.29) is 17.7 Å². The van der Waals surface area contributed by atoms with E-state index in [9.17, 15) is 14.9 Å². The number of hydrogen-bond acceptors (Lipinski definition) is 5. The molecular weight excluding hydrogens is 432 g/mol. The van der Waals surface area contributed by atoms with Crippen LogP contribution in [0.1, 0.15) is 32.6 Å². The maximum absolute atomic E-state index is 12.6. The number of anilines is 1. The average molecular weight is 456 g/mol. The molecule has 0 atom stereocenters. The number of amides is 1. The summed E-state index contributed by atoms with van der Waals surface area (Å²) >= 11 is 0. The van der Waals surface area contributed by atoms with Crippen LogP contribution in [0.5, 0.6) is 11.5 Å². The van der Waals surface area contributed by atoms with E-state index in [1.54, 1.807) is 36.4 Å². The second kappa shape index (κ2) is 10.8. The minimum atomic E-state index is -1.01. The van der Waals surface area contributed by atoms with Crippen LogP contribution in [0, 0.1) is 25.2 Å². The van der Waals surface area contributed by atoms with Crippen molar-refractivity contribution in [1.29, 1.82) is 5.26 Å². The van der Waals surface area contributed by atoms with E-state index in [2.05, 4.69) is 5.32 Å². The van der Waals surface area contributed by atoms with Crippen molar-refractivity contribution in [2.24, 2.45) is 0 Å². The maximum Gasteiger partial charge on any atom is 0.335 e. The Morgan fingerprint density at radius 1 is 1.03 bits per heavy atom. The fourth-order valence-electron chi connectivity index (χ4n) is 3.41. The average Bonchev–Trinajstić information content (AvgIpc) is 2.80. The fraction of sp³-hybridized carbons (Fsp3) is 0.148. The summed E-state index contributed by atoms with van der Waals surface area (Å²) in [5, 5.41) is 21.4. The first kappa shape index (κ1) is 24.1. The van der Waals surface area contributed by atoms with Crippen LogP contribution in [0.4, 0.5) is 5.69 Å². The smallest absolute Gasteiger partial charge is 0.335 e. The van der Waals surface area contributed by atoms with E-state index in [1.807, 2.05) is 38.1 Å². The van der Waals surface area contributed by atoms with E-state index in [0.29, 0.717) is 28.3 Å². The fourth-order valence-corrected chi connectivity index (χ4v) is 3.41. The third-order valence-corrected chi connectivity index (χ3v) is 4.91. The number of nitriles is 1. The largest absolute Gasteiger partial charge is 0.493 e. The molecule has 0 aliphatic rings. The summed E-state index contributed by atoms with van der Waals surface area (Å²) in [6, 6.07) is 19.1. The Hall–Kier alpha value is -4.57. The molecule has 3 aromatic rings. The number of nitrogens with one attached hydrogen (secondary N) is 1. The van der Waals surface area contributed by atoms with Gasteiger partial charge in [-0.05, 0) is 78.6 Å². The molecule has 0 aromatic heterocycles. The number of aromatic carboxylic acids is 1. The molecule has 0 aliphatic carbocycles. The Kier molecular flexibility index (Phi) is 7.67. The second-order valence-corrected chi connectivity index (χ2v) is 7.70. The maximum atomic E-state index is 12.6. The molecule has 0 bridgehead atoms. The highest BCUT2D eigenvalue weighted by Gasteiger charge is 2.12. The molecule has 0 saturated heterocycles. The first-order chi connectivity index (χ1) is 16.3. The number of carbonyl (C=O) groups is 2. The SMILES string of the molecule is COc1cc(/C=C(/C#N)C(=O)Nc2cc(C)cc(C)c2)ccc1OCc1cccc(C(=O)O)c1. The second-order valence-electron chi connectivity index (χ2n) is 7.70. The van der Waals surface area contributed by atoms with Crippen LogP contribution in [0.2, 0.25) is 0 Å². The molecule has 0 heterocycles. The van der Waals surface area contributed by atoms with Crippen LogP contribution >= 0.6 is 0 Å². The summed E-state index contributed by atoms with van der Waals surface area (Å²) in [7, 11) is 1.48. The number of benzene rings is 3. The highest BCUT2D eigenvalue weighted by atomic mass is 16.5. The van der Waals surface area contributed by atoms with Gasteiger partial charge < -0.3 is 19.9 Å². The molecule has 2 N–H and O–H groups in total. The molecule has 0 saturated carbocycles. The van der Waals surface area contributed by atoms with Crippen LogP contribution in [0.15, 0.2) is 66.2 Å². The van der Waals surface area contributed by atoms with E-state index >= 15 is 0 Å². The lowest BCUT2D eigenvalue weighted by molar-refractivity contribution is -0.112. The zero-order valence-electron chi connectivity index (χ0n) is 19.1. The number of ether oxygens (including phenoxy) is 2. The van der Waals surface area contributed by atoms with Gasteiger partial charge in [-0.3, -0.25) is 4.79 Å². The number of carboxylic acids is 1. The molecule has 172 valence electrons. The molecule has 7 nitrogen and oxygen atoms in total. The molecular formula is C27H24N2O5. The third kappa shape index (κ3) is 6.24. The van der Waals surface area contributed by atoms with Gasteiger partial charge in [-0.1, -0.05) is 24.3 Å². The van der Waals surface area contributed by atoms with E-state index in [1.165, 1.54) is 19.3 Å². The highest BCUT2D eigenvalue weighted by Crippen LogP contribution is 2.30. The summed E-state index contributed by atoms with van der Waals surface area (Å²) in [5.41, 5.74) is 4.04. The Bertz CT molecular complexity index is 1280. The molecule has 3 aromatic carbocycles. The van der Waals surface area contributed by atoms with Gasteiger partial charge in [-0.25, -0.2) is 4.79 Å². The van der Waals surface area contributed by atoms with Gasteiger partial charge in [-0.2, -0.15) is 5.26 Å². The van der Waals surface area contributed by atoms with E-state index in [0.717, 1.165) is 11.1 Å². The van der Waals surface area contributed by atoms with E-state index < -0.39 is 11.9 Å². The van der Waals surface area contributed by atoms with Gasteiger partial charge in [0.25, 0.3) is 5.91 Å². The predicted molar refractivity (Wildman–Crippen MR) is 129 cm³/mol. The van der Waals surface area contributed by atoms with Gasteiger partial charge in [0.2, 0.25) is 0 Å². The highest BCUT2D eigenvalue weighted by molar-refractivity contribution is 6.09. The normalized spacial score (nSPS) is 10.8. The predicted octanol–water partition coefficient (Wildman–Crippen LogP) is 5.13. The lowest BCUT2D eigenvalue weighted by Crippen LogP contribution is -2.13. The minimum Gasteiger partial charge on any atom is -0.493 e. The molecule has 0 unspecified atom stereocenters. The first-order valence-corrected chi connectivity index (χ1v) is 10.4. The molecule has 0 fully saturated rings. The Morgan fingerprint density at radius 2 is 1.76 bits per heavy atom. The van der Waals surface area contributed by atoms with Crippen molar-refractivity contribution >= 4 is 23.6 Å². The van der Waals surface area contributed by atoms with Gasteiger partial charge in [-0.15, -0.1) is 0 Å². The molecule has 34 heavy (non-hydrogen) atoms. The zero-order chi connectivity index (χ0) is 24.7. The summed E-state index contributed by atoms with van der Waals surface area (Å²) in [5.74, 6) is -0.663. The van der Waals surface area contributed by atoms with Crippen molar-refractivity contribution in [1.82, 2.24) is 0 Å². The van der Waals surface area contributed by atoms with E-state index in [4.69, 9.17) is 14.6 Å². The third-order valence-electron chi connectivity index (χ3n) is 4.91. The molecule has 1 amide bonds. The molecule has 0 spiro atoms. The first-order valence-electron chi connectivity index (χ1n) is 10.4. The van der Waals surface area contributed by atoms with Gasteiger partial charge in [0.05, 0.1) is 12.7 Å².